The molecule has 1 aromatic heterocycles. The summed E-state index contributed by atoms with van der Waals surface area (Å²) in [6.45, 7) is 4.92. The number of ether oxygens (including phenoxy) is 2. The Kier molecular flexibility index (Phi) is 5.20. The highest BCUT2D eigenvalue weighted by Crippen LogP contribution is 2.33. The predicted octanol–water partition coefficient (Wildman–Crippen LogP) is 2.46. The summed E-state index contributed by atoms with van der Waals surface area (Å²) in [5, 5.41) is 0. The van der Waals surface area contributed by atoms with E-state index in [4.69, 9.17) is 9.47 Å². The van der Waals surface area contributed by atoms with Crippen LogP contribution in [-0.4, -0.2) is 60.8 Å². The van der Waals surface area contributed by atoms with Crippen molar-refractivity contribution in [3.63, 3.8) is 0 Å². The fourth-order valence-corrected chi connectivity index (χ4v) is 4.13. The number of benzene rings is 1. The number of anilines is 1. The van der Waals surface area contributed by atoms with Crippen LogP contribution in [0.5, 0.6) is 11.6 Å². The first-order chi connectivity index (χ1) is 12.8. The summed E-state index contributed by atoms with van der Waals surface area (Å²) in [5.74, 6) is 3.31. The predicted molar refractivity (Wildman–Crippen MR) is 101 cm³/mol. The summed E-state index contributed by atoms with van der Waals surface area (Å²) in [6.07, 6.45) is 4.09. The van der Waals surface area contributed by atoms with Gasteiger partial charge in [0.15, 0.2) is 0 Å². The molecule has 2 aromatic rings. The second-order valence-corrected chi connectivity index (χ2v) is 6.97. The first-order valence-electron chi connectivity index (χ1n) is 9.36. The Morgan fingerprint density at radius 3 is 2.81 bits per heavy atom. The van der Waals surface area contributed by atoms with Gasteiger partial charge in [-0.25, -0.2) is 9.97 Å². The van der Waals surface area contributed by atoms with E-state index in [9.17, 15) is 0 Å². The van der Waals surface area contributed by atoms with Crippen LogP contribution in [0.2, 0.25) is 0 Å². The minimum atomic E-state index is 0.573. The second kappa shape index (κ2) is 7.91. The van der Waals surface area contributed by atoms with E-state index in [1.807, 2.05) is 36.4 Å². The zero-order valence-corrected chi connectivity index (χ0v) is 15.3. The lowest BCUT2D eigenvalue weighted by Gasteiger charge is -2.39. The Balaban J connectivity index is 1.35. The van der Waals surface area contributed by atoms with Crippen LogP contribution < -0.4 is 14.4 Å². The van der Waals surface area contributed by atoms with Gasteiger partial charge in [0.25, 0.3) is 0 Å². The minimum Gasteiger partial charge on any atom is -0.492 e. The van der Waals surface area contributed by atoms with Crippen molar-refractivity contribution in [2.45, 2.75) is 18.9 Å². The van der Waals surface area contributed by atoms with Crippen molar-refractivity contribution >= 4 is 5.82 Å². The number of methoxy groups -OCH3 is 1. The van der Waals surface area contributed by atoms with E-state index in [-0.39, 0.29) is 0 Å². The molecule has 2 fully saturated rings. The lowest BCUT2D eigenvalue weighted by molar-refractivity contribution is 0.171. The van der Waals surface area contributed by atoms with E-state index < -0.39 is 0 Å². The molecular weight excluding hydrogens is 328 g/mol. The summed E-state index contributed by atoms with van der Waals surface area (Å²) in [4.78, 5) is 13.5. The molecule has 1 aromatic carbocycles. The van der Waals surface area contributed by atoms with Gasteiger partial charge in [0, 0.05) is 31.7 Å². The molecule has 0 radical (unpaired) electrons. The van der Waals surface area contributed by atoms with Crippen LogP contribution in [0.4, 0.5) is 5.82 Å². The van der Waals surface area contributed by atoms with E-state index in [1.165, 1.54) is 12.8 Å². The quantitative estimate of drug-likeness (QED) is 0.794. The number of hydrogen-bond acceptors (Lipinski definition) is 6. The van der Waals surface area contributed by atoms with Gasteiger partial charge in [-0.05, 0) is 37.4 Å². The third kappa shape index (κ3) is 3.75. The van der Waals surface area contributed by atoms with Crippen molar-refractivity contribution < 1.29 is 9.47 Å². The Morgan fingerprint density at radius 1 is 1.12 bits per heavy atom. The van der Waals surface area contributed by atoms with Gasteiger partial charge in [0.05, 0.1) is 7.11 Å². The van der Waals surface area contributed by atoms with Crippen LogP contribution in [0.3, 0.4) is 0 Å². The first-order valence-corrected chi connectivity index (χ1v) is 9.36. The van der Waals surface area contributed by atoms with Gasteiger partial charge < -0.3 is 14.4 Å². The van der Waals surface area contributed by atoms with Gasteiger partial charge in [0.1, 0.15) is 24.5 Å². The number of hydrogen-bond donors (Lipinski definition) is 0. The number of nitrogens with zero attached hydrogens (tertiary/aromatic N) is 4. The van der Waals surface area contributed by atoms with Crippen LogP contribution in [0.15, 0.2) is 42.7 Å². The van der Waals surface area contributed by atoms with Crippen molar-refractivity contribution in [1.29, 1.82) is 0 Å². The smallest absolute Gasteiger partial charge is 0.218 e. The largest absolute Gasteiger partial charge is 0.492 e. The van der Waals surface area contributed by atoms with E-state index in [0.717, 1.165) is 50.3 Å². The average Bonchev–Trinajstić information content (AvgIpc) is 3.11. The molecule has 3 heterocycles. The number of fused-ring (bicyclic) bond motifs is 1. The molecule has 4 rings (SSSR count). The molecule has 0 N–H and O–H groups in total. The number of para-hydroxylation sites is 1. The number of piperidine rings is 1. The normalized spacial score (nSPS) is 22.9. The molecule has 2 unspecified atom stereocenters. The van der Waals surface area contributed by atoms with Gasteiger partial charge in [-0.1, -0.05) is 18.2 Å². The Morgan fingerprint density at radius 2 is 1.96 bits per heavy atom. The molecule has 6 nitrogen and oxygen atoms in total. The Labute approximate surface area is 154 Å². The maximum Gasteiger partial charge on any atom is 0.218 e. The molecule has 138 valence electrons. The van der Waals surface area contributed by atoms with Gasteiger partial charge in [-0.2, -0.15) is 0 Å². The average molecular weight is 354 g/mol. The fourth-order valence-electron chi connectivity index (χ4n) is 4.13. The highest BCUT2D eigenvalue weighted by atomic mass is 16.5. The molecule has 0 aliphatic carbocycles. The second-order valence-electron chi connectivity index (χ2n) is 6.97. The maximum atomic E-state index is 5.90. The summed E-state index contributed by atoms with van der Waals surface area (Å²) < 4.78 is 11.1. The maximum absolute atomic E-state index is 5.90. The van der Waals surface area contributed by atoms with Crippen LogP contribution in [-0.2, 0) is 0 Å². The van der Waals surface area contributed by atoms with E-state index in [2.05, 4.69) is 19.8 Å². The molecular formula is C20H26N4O2. The highest BCUT2D eigenvalue weighted by Gasteiger charge is 2.38. The van der Waals surface area contributed by atoms with E-state index in [1.54, 1.807) is 13.4 Å². The standard InChI is InChI=1S/C20H26N4O2/c1-25-20-13-19(21-15-22-20)24-10-8-16-7-9-23(18(16)14-24)11-12-26-17-5-3-2-4-6-17/h2-6,13,15-16,18H,7-12,14H2,1H3. The molecule has 0 bridgehead atoms. The van der Waals surface area contributed by atoms with Crippen molar-refractivity contribution in [2.75, 3.05) is 44.8 Å². The number of rotatable bonds is 6. The molecule has 2 aliphatic heterocycles. The number of aromatic nitrogens is 2. The van der Waals surface area contributed by atoms with Crippen molar-refractivity contribution in [2.24, 2.45) is 5.92 Å². The molecule has 2 atom stereocenters. The van der Waals surface area contributed by atoms with Crippen molar-refractivity contribution in [1.82, 2.24) is 14.9 Å². The third-order valence-electron chi connectivity index (χ3n) is 5.53. The summed E-state index contributed by atoms with van der Waals surface area (Å²) in [5.41, 5.74) is 0. The fraction of sp³-hybridized carbons (Fsp3) is 0.500. The van der Waals surface area contributed by atoms with Crippen LogP contribution >= 0.6 is 0 Å². The first kappa shape index (κ1) is 17.1. The molecule has 0 saturated carbocycles. The van der Waals surface area contributed by atoms with Crippen LogP contribution in [0, 0.1) is 5.92 Å². The van der Waals surface area contributed by atoms with Gasteiger partial charge in [-0.3, -0.25) is 4.90 Å². The van der Waals surface area contributed by atoms with Gasteiger partial charge in [-0.15, -0.1) is 0 Å². The van der Waals surface area contributed by atoms with Crippen LogP contribution in [0.1, 0.15) is 12.8 Å². The van der Waals surface area contributed by atoms with Gasteiger partial charge in [0.2, 0.25) is 5.88 Å². The molecule has 6 heteroatoms. The third-order valence-corrected chi connectivity index (χ3v) is 5.53. The van der Waals surface area contributed by atoms with Crippen LogP contribution in [0.25, 0.3) is 0 Å². The minimum absolute atomic E-state index is 0.573. The molecule has 2 saturated heterocycles. The summed E-state index contributed by atoms with van der Waals surface area (Å²) in [7, 11) is 1.64. The van der Waals surface area contributed by atoms with Gasteiger partial charge >= 0.3 is 0 Å². The zero-order valence-electron chi connectivity index (χ0n) is 15.3. The molecule has 2 aliphatic rings. The van der Waals surface area contributed by atoms with Crippen molar-refractivity contribution in [3.8, 4) is 11.6 Å². The Bertz CT molecular complexity index is 712. The Hall–Kier alpha value is -2.34. The van der Waals surface area contributed by atoms with Crippen molar-refractivity contribution in [3.05, 3.63) is 42.7 Å². The topological polar surface area (TPSA) is 50.7 Å². The SMILES string of the molecule is COc1cc(N2CCC3CCN(CCOc4ccccc4)C3C2)ncn1. The summed E-state index contributed by atoms with van der Waals surface area (Å²) in [6, 6.07) is 12.6. The lowest BCUT2D eigenvalue weighted by atomic mass is 9.92. The molecule has 26 heavy (non-hydrogen) atoms. The number of likely N-dealkylation sites (tertiary alicyclic amines) is 1. The molecule has 0 amide bonds. The summed E-state index contributed by atoms with van der Waals surface area (Å²) >= 11 is 0. The van der Waals surface area contributed by atoms with E-state index >= 15 is 0 Å². The highest BCUT2D eigenvalue weighted by molar-refractivity contribution is 5.41. The monoisotopic (exact) mass is 354 g/mol. The van der Waals surface area contributed by atoms with E-state index in [0.29, 0.717) is 11.9 Å². The molecule has 0 spiro atoms. The lowest BCUT2D eigenvalue weighted by Crippen LogP contribution is -2.49. The zero-order chi connectivity index (χ0) is 17.8.